The molecule has 1 unspecified atom stereocenters. The normalized spacial score (nSPS) is 23.2. The predicted molar refractivity (Wildman–Crippen MR) is 80.9 cm³/mol. The molecule has 0 spiro atoms. The molecule has 1 aliphatic heterocycles. The average molecular weight is 296 g/mol. The number of halogens is 1. The van der Waals surface area contributed by atoms with Crippen molar-refractivity contribution in [2.75, 3.05) is 13.7 Å². The number of rotatable bonds is 4. The lowest BCUT2D eigenvalue weighted by atomic mass is 9.95. The van der Waals surface area contributed by atoms with Gasteiger partial charge in [-0.25, -0.2) is 0 Å². The Morgan fingerprint density at radius 1 is 1.10 bits per heavy atom. The molecule has 1 atom stereocenters. The van der Waals surface area contributed by atoms with Crippen LogP contribution in [0.4, 0.5) is 0 Å². The Bertz CT molecular complexity index is 468. The van der Waals surface area contributed by atoms with Crippen LogP contribution in [0, 0.1) is 0 Å². The van der Waals surface area contributed by atoms with Crippen LogP contribution in [0.1, 0.15) is 50.1 Å². The maximum atomic E-state index is 6.42. The molecule has 1 aromatic carbocycles. The summed E-state index contributed by atoms with van der Waals surface area (Å²) in [5.74, 6) is 1.57. The van der Waals surface area contributed by atoms with E-state index >= 15 is 0 Å². The number of piperidine rings is 1. The van der Waals surface area contributed by atoms with E-state index in [2.05, 4.69) is 11.4 Å². The second-order valence-electron chi connectivity index (χ2n) is 5.70. The van der Waals surface area contributed by atoms with Crippen molar-refractivity contribution in [1.29, 1.82) is 0 Å². The van der Waals surface area contributed by atoms with Gasteiger partial charge in [-0.1, -0.05) is 18.0 Å². The third kappa shape index (κ3) is 2.89. The molecule has 1 saturated heterocycles. The Hall–Kier alpha value is -0.930. The SMILES string of the molecule is COc1cc(Cl)c(C2CCCCN2)cc1OC1CCC1. The van der Waals surface area contributed by atoms with E-state index < -0.39 is 0 Å². The fourth-order valence-corrected chi connectivity index (χ4v) is 3.14. The summed E-state index contributed by atoms with van der Waals surface area (Å²) in [6.07, 6.45) is 7.52. The fraction of sp³-hybridized carbons (Fsp3) is 0.625. The van der Waals surface area contributed by atoms with E-state index in [4.69, 9.17) is 21.1 Å². The van der Waals surface area contributed by atoms with Crippen molar-refractivity contribution in [2.45, 2.75) is 50.7 Å². The monoisotopic (exact) mass is 295 g/mol. The first-order valence-corrected chi connectivity index (χ1v) is 7.93. The molecule has 0 aromatic heterocycles. The number of nitrogens with one attached hydrogen (secondary N) is 1. The van der Waals surface area contributed by atoms with Crippen molar-refractivity contribution >= 4 is 11.6 Å². The minimum Gasteiger partial charge on any atom is -0.493 e. The molecule has 1 N–H and O–H groups in total. The molecule has 3 nitrogen and oxygen atoms in total. The van der Waals surface area contributed by atoms with E-state index in [1.54, 1.807) is 7.11 Å². The minimum absolute atomic E-state index is 0.339. The average Bonchev–Trinajstić information content (AvgIpc) is 2.44. The van der Waals surface area contributed by atoms with E-state index in [-0.39, 0.29) is 0 Å². The van der Waals surface area contributed by atoms with E-state index in [1.165, 1.54) is 19.3 Å². The summed E-state index contributed by atoms with van der Waals surface area (Å²) in [5.41, 5.74) is 1.14. The number of methoxy groups -OCH3 is 1. The highest BCUT2D eigenvalue weighted by atomic mass is 35.5. The summed E-state index contributed by atoms with van der Waals surface area (Å²) in [5, 5.41) is 4.31. The number of benzene rings is 1. The fourth-order valence-electron chi connectivity index (χ4n) is 2.85. The lowest BCUT2D eigenvalue weighted by molar-refractivity contribution is 0.116. The third-order valence-electron chi connectivity index (χ3n) is 4.31. The summed E-state index contributed by atoms with van der Waals surface area (Å²) >= 11 is 6.42. The number of ether oxygens (including phenoxy) is 2. The van der Waals surface area contributed by atoms with Crippen molar-refractivity contribution in [3.63, 3.8) is 0 Å². The van der Waals surface area contributed by atoms with Gasteiger partial charge in [0.15, 0.2) is 11.5 Å². The van der Waals surface area contributed by atoms with Crippen LogP contribution in [0.3, 0.4) is 0 Å². The third-order valence-corrected chi connectivity index (χ3v) is 4.64. The molecule has 1 saturated carbocycles. The van der Waals surface area contributed by atoms with Gasteiger partial charge in [-0.2, -0.15) is 0 Å². The summed E-state index contributed by atoms with van der Waals surface area (Å²) in [4.78, 5) is 0. The quantitative estimate of drug-likeness (QED) is 0.907. The maximum absolute atomic E-state index is 6.42. The molecule has 1 heterocycles. The Morgan fingerprint density at radius 3 is 2.55 bits per heavy atom. The molecule has 20 heavy (non-hydrogen) atoms. The smallest absolute Gasteiger partial charge is 0.162 e. The van der Waals surface area contributed by atoms with Crippen molar-refractivity contribution < 1.29 is 9.47 Å². The zero-order chi connectivity index (χ0) is 13.9. The Labute approximate surface area is 125 Å². The lowest BCUT2D eigenvalue weighted by Gasteiger charge is -2.29. The van der Waals surface area contributed by atoms with Gasteiger partial charge in [0.25, 0.3) is 0 Å². The largest absolute Gasteiger partial charge is 0.493 e. The van der Waals surface area contributed by atoms with Crippen molar-refractivity contribution in [3.8, 4) is 11.5 Å². The first-order chi connectivity index (χ1) is 9.78. The Kier molecular flexibility index (Phi) is 4.37. The molecule has 0 amide bonds. The number of hydrogen-bond donors (Lipinski definition) is 1. The van der Waals surface area contributed by atoms with E-state index in [0.29, 0.717) is 12.1 Å². The van der Waals surface area contributed by atoms with Gasteiger partial charge in [0.2, 0.25) is 0 Å². The molecular weight excluding hydrogens is 274 g/mol. The minimum atomic E-state index is 0.339. The second-order valence-corrected chi connectivity index (χ2v) is 6.11. The van der Waals surface area contributed by atoms with E-state index in [1.807, 2.05) is 6.07 Å². The van der Waals surface area contributed by atoms with E-state index in [9.17, 15) is 0 Å². The number of hydrogen-bond acceptors (Lipinski definition) is 3. The van der Waals surface area contributed by atoms with Gasteiger partial charge in [-0.15, -0.1) is 0 Å². The van der Waals surface area contributed by atoms with Gasteiger partial charge in [0.05, 0.1) is 13.2 Å². The highest BCUT2D eigenvalue weighted by Crippen LogP contribution is 2.39. The van der Waals surface area contributed by atoms with Gasteiger partial charge in [-0.05, 0) is 50.3 Å². The van der Waals surface area contributed by atoms with Crippen LogP contribution in [-0.4, -0.2) is 19.8 Å². The Morgan fingerprint density at radius 2 is 1.95 bits per heavy atom. The summed E-state index contributed by atoms with van der Waals surface area (Å²) < 4.78 is 11.5. The molecule has 110 valence electrons. The van der Waals surface area contributed by atoms with Crippen LogP contribution in [0.2, 0.25) is 5.02 Å². The van der Waals surface area contributed by atoms with Gasteiger partial charge in [0.1, 0.15) is 0 Å². The van der Waals surface area contributed by atoms with Gasteiger partial charge in [-0.3, -0.25) is 0 Å². The highest BCUT2D eigenvalue weighted by molar-refractivity contribution is 6.31. The van der Waals surface area contributed by atoms with Crippen LogP contribution >= 0.6 is 11.6 Å². The zero-order valence-electron chi connectivity index (χ0n) is 12.0. The molecule has 2 aliphatic rings. The van der Waals surface area contributed by atoms with Crippen molar-refractivity contribution in [1.82, 2.24) is 5.32 Å². The molecule has 1 aliphatic carbocycles. The molecule has 3 rings (SSSR count). The van der Waals surface area contributed by atoms with Crippen molar-refractivity contribution in [3.05, 3.63) is 22.7 Å². The van der Waals surface area contributed by atoms with Crippen molar-refractivity contribution in [2.24, 2.45) is 0 Å². The van der Waals surface area contributed by atoms with Crippen LogP contribution in [0.15, 0.2) is 12.1 Å². The lowest BCUT2D eigenvalue weighted by Crippen LogP contribution is -2.27. The van der Waals surface area contributed by atoms with Crippen LogP contribution in [0.5, 0.6) is 11.5 Å². The first kappa shape index (κ1) is 14.0. The summed E-state index contributed by atoms with van der Waals surface area (Å²) in [6, 6.07) is 4.30. The van der Waals surface area contributed by atoms with Gasteiger partial charge in [0, 0.05) is 17.1 Å². The van der Waals surface area contributed by atoms with E-state index in [0.717, 1.165) is 47.9 Å². The topological polar surface area (TPSA) is 30.5 Å². The zero-order valence-corrected chi connectivity index (χ0v) is 12.7. The van der Waals surface area contributed by atoms with Crippen LogP contribution in [-0.2, 0) is 0 Å². The van der Waals surface area contributed by atoms with Crippen LogP contribution < -0.4 is 14.8 Å². The molecule has 2 fully saturated rings. The summed E-state index contributed by atoms with van der Waals surface area (Å²) in [7, 11) is 1.66. The predicted octanol–water partition coefficient (Wildman–Crippen LogP) is 4.09. The highest BCUT2D eigenvalue weighted by Gasteiger charge is 2.24. The van der Waals surface area contributed by atoms with Gasteiger partial charge >= 0.3 is 0 Å². The molecule has 0 radical (unpaired) electrons. The second kappa shape index (κ2) is 6.23. The first-order valence-electron chi connectivity index (χ1n) is 7.55. The Balaban J connectivity index is 1.86. The molecule has 0 bridgehead atoms. The molecule has 1 aromatic rings. The molecular formula is C16H22ClNO2. The maximum Gasteiger partial charge on any atom is 0.162 e. The van der Waals surface area contributed by atoms with Gasteiger partial charge < -0.3 is 14.8 Å². The van der Waals surface area contributed by atoms with Crippen LogP contribution in [0.25, 0.3) is 0 Å². The summed E-state index contributed by atoms with van der Waals surface area (Å²) in [6.45, 7) is 1.06. The molecule has 4 heteroatoms. The standard InChI is InChI=1S/C16H22ClNO2/c1-19-15-10-13(17)12(14-7-2-3-8-18-14)9-16(15)20-11-5-4-6-11/h9-11,14,18H,2-8H2,1H3.